The summed E-state index contributed by atoms with van der Waals surface area (Å²) in [7, 11) is 0. The molecule has 0 bridgehead atoms. The Hall–Kier alpha value is -2.83. The normalized spacial score (nSPS) is 15.8. The van der Waals surface area contributed by atoms with E-state index in [9.17, 15) is 4.79 Å². The lowest BCUT2D eigenvalue weighted by Crippen LogP contribution is -2.38. The first-order valence-corrected chi connectivity index (χ1v) is 8.74. The highest BCUT2D eigenvalue weighted by Gasteiger charge is 2.28. The lowest BCUT2D eigenvalue weighted by molar-refractivity contribution is 0.0705. The highest BCUT2D eigenvalue weighted by Crippen LogP contribution is 2.28. The van der Waals surface area contributed by atoms with Gasteiger partial charge in [-0.25, -0.2) is 0 Å². The molecule has 0 radical (unpaired) electrons. The number of carbonyl (C=O) groups is 1. The van der Waals surface area contributed by atoms with Crippen LogP contribution in [-0.2, 0) is 6.42 Å². The van der Waals surface area contributed by atoms with Crippen LogP contribution in [0.4, 0.5) is 5.95 Å². The van der Waals surface area contributed by atoms with E-state index in [-0.39, 0.29) is 17.8 Å². The zero-order chi connectivity index (χ0) is 17.4. The van der Waals surface area contributed by atoms with Gasteiger partial charge >= 0.3 is 0 Å². The van der Waals surface area contributed by atoms with Crippen LogP contribution in [-0.4, -0.2) is 44.1 Å². The van der Waals surface area contributed by atoms with Crippen LogP contribution in [0, 0.1) is 0 Å². The molecule has 1 saturated heterocycles. The van der Waals surface area contributed by atoms with Crippen molar-refractivity contribution in [1.82, 2.24) is 25.1 Å². The number of benzene rings is 1. The summed E-state index contributed by atoms with van der Waals surface area (Å²) in [5, 5.41) is 7.93. The molecule has 1 fully saturated rings. The number of nitrogens with zero attached hydrogens (tertiary/aromatic N) is 3. The number of fused-ring (bicyclic) bond motifs is 1. The molecular weight excluding hydrogens is 316 g/mol. The third kappa shape index (κ3) is 2.75. The molecule has 7 heteroatoms. The van der Waals surface area contributed by atoms with E-state index in [2.05, 4.69) is 33.2 Å². The van der Waals surface area contributed by atoms with E-state index in [0.717, 1.165) is 47.2 Å². The van der Waals surface area contributed by atoms with Crippen LogP contribution in [0.3, 0.4) is 0 Å². The van der Waals surface area contributed by atoms with Gasteiger partial charge in [-0.1, -0.05) is 25.1 Å². The highest BCUT2D eigenvalue weighted by atomic mass is 16.2. The molecule has 3 aromatic rings. The summed E-state index contributed by atoms with van der Waals surface area (Å²) in [4.78, 5) is 22.5. The van der Waals surface area contributed by atoms with Crippen molar-refractivity contribution in [3.8, 4) is 0 Å². The Bertz CT molecular complexity index is 903. The lowest BCUT2D eigenvalue weighted by atomic mass is 9.95. The Labute approximate surface area is 145 Å². The number of hydrogen-bond donors (Lipinski definition) is 3. The monoisotopic (exact) mass is 338 g/mol. The highest BCUT2D eigenvalue weighted by molar-refractivity contribution is 6.01. The molecule has 130 valence electrons. The minimum absolute atomic E-state index is 0.0867. The molecule has 2 aromatic heterocycles. The van der Waals surface area contributed by atoms with Gasteiger partial charge in [0.05, 0.1) is 0 Å². The van der Waals surface area contributed by atoms with E-state index in [1.165, 1.54) is 0 Å². The van der Waals surface area contributed by atoms with E-state index in [1.54, 1.807) is 0 Å². The van der Waals surface area contributed by atoms with Crippen molar-refractivity contribution in [2.24, 2.45) is 0 Å². The molecular formula is C18H22N6O. The Balaban J connectivity index is 1.53. The fourth-order valence-electron chi connectivity index (χ4n) is 3.73. The van der Waals surface area contributed by atoms with Gasteiger partial charge in [-0.15, -0.1) is 5.10 Å². The van der Waals surface area contributed by atoms with Gasteiger partial charge in [-0.05, 0) is 30.9 Å². The number of rotatable bonds is 3. The van der Waals surface area contributed by atoms with Crippen LogP contribution >= 0.6 is 0 Å². The van der Waals surface area contributed by atoms with E-state index < -0.39 is 0 Å². The number of amides is 1. The molecule has 7 nitrogen and oxygen atoms in total. The molecule has 4 N–H and O–H groups in total. The summed E-state index contributed by atoms with van der Waals surface area (Å²) in [6.07, 6.45) is 2.56. The number of hydrogen-bond acceptors (Lipinski definition) is 4. The van der Waals surface area contributed by atoms with Crippen LogP contribution in [0.15, 0.2) is 24.3 Å². The molecule has 0 aliphatic carbocycles. The van der Waals surface area contributed by atoms with Gasteiger partial charge in [0.1, 0.15) is 11.5 Å². The Morgan fingerprint density at radius 1 is 1.32 bits per heavy atom. The van der Waals surface area contributed by atoms with Crippen molar-refractivity contribution in [3.05, 3.63) is 41.3 Å². The number of aryl methyl sites for hydroxylation is 1. The van der Waals surface area contributed by atoms with Crippen molar-refractivity contribution in [2.75, 3.05) is 18.8 Å². The molecule has 0 saturated carbocycles. The van der Waals surface area contributed by atoms with Crippen LogP contribution in [0.5, 0.6) is 0 Å². The molecule has 0 spiro atoms. The van der Waals surface area contributed by atoms with Gasteiger partial charge in [-0.2, -0.15) is 4.98 Å². The van der Waals surface area contributed by atoms with Gasteiger partial charge in [0.2, 0.25) is 5.95 Å². The summed E-state index contributed by atoms with van der Waals surface area (Å²) in [5.41, 5.74) is 8.44. The summed E-state index contributed by atoms with van der Waals surface area (Å²) in [5.74, 6) is 1.47. The maximum Gasteiger partial charge on any atom is 0.270 e. The summed E-state index contributed by atoms with van der Waals surface area (Å²) in [6, 6.07) is 8.09. The number of aromatic nitrogens is 4. The molecule has 0 unspecified atom stereocenters. The first-order valence-electron chi connectivity index (χ1n) is 8.74. The van der Waals surface area contributed by atoms with Crippen LogP contribution in [0.2, 0.25) is 0 Å². The van der Waals surface area contributed by atoms with Gasteiger partial charge in [0.25, 0.3) is 5.91 Å². The number of nitrogens with two attached hydrogens (primary N) is 1. The van der Waals surface area contributed by atoms with Crippen molar-refractivity contribution < 1.29 is 4.79 Å². The minimum atomic E-state index is 0.0867. The summed E-state index contributed by atoms with van der Waals surface area (Å²) >= 11 is 0. The molecule has 3 heterocycles. The second-order valence-corrected chi connectivity index (χ2v) is 6.52. The molecule has 25 heavy (non-hydrogen) atoms. The zero-order valence-corrected chi connectivity index (χ0v) is 14.2. The first-order chi connectivity index (χ1) is 12.2. The van der Waals surface area contributed by atoms with Gasteiger partial charge in [0, 0.05) is 29.9 Å². The molecule has 1 aliphatic rings. The standard InChI is InChI=1S/C18H22N6O/c1-2-12-13-5-3-4-6-14(13)20-15(12)17(25)24-9-7-11(8-10-24)16-21-18(19)23-22-16/h3-6,11,20H,2,7-10H2,1H3,(H3,19,21,22,23). The summed E-state index contributed by atoms with van der Waals surface area (Å²) < 4.78 is 0. The van der Waals surface area contributed by atoms with Crippen molar-refractivity contribution >= 4 is 22.8 Å². The van der Waals surface area contributed by atoms with E-state index in [0.29, 0.717) is 13.1 Å². The number of nitrogen functional groups attached to an aromatic ring is 1. The Morgan fingerprint density at radius 2 is 2.08 bits per heavy atom. The number of aromatic amines is 2. The summed E-state index contributed by atoms with van der Waals surface area (Å²) in [6.45, 7) is 3.51. The fourth-order valence-corrected chi connectivity index (χ4v) is 3.73. The molecule has 1 aromatic carbocycles. The first kappa shape index (κ1) is 15.7. The predicted molar refractivity (Wildman–Crippen MR) is 96.4 cm³/mol. The third-order valence-electron chi connectivity index (χ3n) is 5.07. The Kier molecular flexibility index (Phi) is 3.91. The maximum atomic E-state index is 13.0. The minimum Gasteiger partial charge on any atom is -0.367 e. The average Bonchev–Trinajstić information content (AvgIpc) is 3.24. The number of nitrogens with one attached hydrogen (secondary N) is 2. The van der Waals surface area contributed by atoms with E-state index in [4.69, 9.17) is 5.73 Å². The van der Waals surface area contributed by atoms with Gasteiger partial charge < -0.3 is 15.6 Å². The number of likely N-dealkylation sites (tertiary alicyclic amines) is 1. The zero-order valence-electron chi connectivity index (χ0n) is 14.2. The average molecular weight is 338 g/mol. The molecule has 1 amide bonds. The smallest absolute Gasteiger partial charge is 0.270 e. The third-order valence-corrected chi connectivity index (χ3v) is 5.07. The Morgan fingerprint density at radius 3 is 2.76 bits per heavy atom. The van der Waals surface area contributed by atoms with E-state index >= 15 is 0 Å². The second-order valence-electron chi connectivity index (χ2n) is 6.52. The molecule has 0 atom stereocenters. The second kappa shape index (κ2) is 6.23. The van der Waals surface area contributed by atoms with Crippen molar-refractivity contribution in [1.29, 1.82) is 0 Å². The number of carbonyl (C=O) groups excluding carboxylic acids is 1. The van der Waals surface area contributed by atoms with Gasteiger partial charge in [0.15, 0.2) is 0 Å². The number of piperidine rings is 1. The molecule has 4 rings (SSSR count). The fraction of sp³-hybridized carbons (Fsp3) is 0.389. The topological polar surface area (TPSA) is 104 Å². The van der Waals surface area contributed by atoms with Crippen LogP contribution < -0.4 is 5.73 Å². The number of H-pyrrole nitrogens is 2. The van der Waals surface area contributed by atoms with E-state index in [1.807, 2.05) is 23.1 Å². The number of para-hydroxylation sites is 1. The van der Waals surface area contributed by atoms with Crippen LogP contribution in [0.1, 0.15) is 47.6 Å². The predicted octanol–water partition coefficient (Wildman–Crippen LogP) is 2.45. The van der Waals surface area contributed by atoms with Crippen molar-refractivity contribution in [2.45, 2.75) is 32.1 Å². The number of anilines is 1. The van der Waals surface area contributed by atoms with Crippen LogP contribution in [0.25, 0.3) is 10.9 Å². The lowest BCUT2D eigenvalue weighted by Gasteiger charge is -2.31. The maximum absolute atomic E-state index is 13.0. The van der Waals surface area contributed by atoms with Gasteiger partial charge in [-0.3, -0.25) is 9.89 Å². The largest absolute Gasteiger partial charge is 0.367 e. The SMILES string of the molecule is CCc1c(C(=O)N2CCC(c3nc(N)n[nH]3)CC2)[nH]c2ccccc12. The molecule has 1 aliphatic heterocycles. The quantitative estimate of drug-likeness (QED) is 0.682. The van der Waals surface area contributed by atoms with Crippen molar-refractivity contribution in [3.63, 3.8) is 0 Å².